The molecule has 0 atom stereocenters. The molecule has 0 unspecified atom stereocenters. The summed E-state index contributed by atoms with van der Waals surface area (Å²) < 4.78 is 0. The number of benzene rings is 1. The minimum atomic E-state index is -1.05. The molecule has 1 heterocycles. The summed E-state index contributed by atoms with van der Waals surface area (Å²) in [6.07, 6.45) is 0. The number of nitrogens with two attached hydrogens (primary N) is 1. The van der Waals surface area contributed by atoms with E-state index in [0.29, 0.717) is 4.88 Å². The molecule has 0 aliphatic carbocycles. The van der Waals surface area contributed by atoms with E-state index < -0.39 is 5.97 Å². The molecular formula is C14H16N2O2S. The van der Waals surface area contributed by atoms with Gasteiger partial charge in [0.1, 0.15) is 0 Å². The number of aromatic carboxylic acids is 1. The van der Waals surface area contributed by atoms with E-state index in [-0.39, 0.29) is 16.2 Å². The van der Waals surface area contributed by atoms with Crippen molar-refractivity contribution in [2.45, 2.75) is 26.2 Å². The van der Waals surface area contributed by atoms with Crippen molar-refractivity contribution in [2.75, 3.05) is 5.73 Å². The van der Waals surface area contributed by atoms with E-state index in [0.717, 1.165) is 5.56 Å². The third-order valence-electron chi connectivity index (χ3n) is 2.86. The fourth-order valence-corrected chi connectivity index (χ4v) is 2.63. The van der Waals surface area contributed by atoms with Gasteiger partial charge in [0.05, 0.1) is 4.88 Å². The molecule has 0 fully saturated rings. The lowest BCUT2D eigenvalue weighted by atomic mass is 9.86. The lowest BCUT2D eigenvalue weighted by Gasteiger charge is -2.19. The Labute approximate surface area is 115 Å². The summed E-state index contributed by atoms with van der Waals surface area (Å²) in [5, 5.41) is 9.38. The number of hydrogen-bond acceptors (Lipinski definition) is 4. The number of nitrogens with zero attached hydrogens (tertiary/aromatic N) is 1. The Morgan fingerprint density at radius 2 is 1.84 bits per heavy atom. The standard InChI is InChI=1S/C14H16N2O2S/c1-14(2,3)9-6-4-8(5-7-9)11-10(12(17)18)16-13(15)19-11/h4-7H,1-3H3,(H2,15,16)(H,17,18). The van der Waals surface area contributed by atoms with Crippen LogP contribution in [0.1, 0.15) is 36.8 Å². The van der Waals surface area contributed by atoms with Crippen LogP contribution in [0, 0.1) is 0 Å². The summed E-state index contributed by atoms with van der Waals surface area (Å²) in [6.45, 7) is 6.40. The number of carboxylic acid groups (broad SMARTS) is 1. The predicted molar refractivity (Wildman–Crippen MR) is 77.6 cm³/mol. The summed E-state index contributed by atoms with van der Waals surface area (Å²) in [7, 11) is 0. The van der Waals surface area contributed by atoms with Crippen molar-refractivity contribution in [3.63, 3.8) is 0 Å². The van der Waals surface area contributed by atoms with Crippen molar-refractivity contribution in [1.82, 2.24) is 4.98 Å². The summed E-state index contributed by atoms with van der Waals surface area (Å²) in [4.78, 5) is 15.6. The van der Waals surface area contributed by atoms with E-state index in [1.54, 1.807) is 0 Å². The van der Waals surface area contributed by atoms with Crippen molar-refractivity contribution < 1.29 is 9.90 Å². The first-order valence-corrected chi connectivity index (χ1v) is 6.71. The van der Waals surface area contributed by atoms with Crippen molar-refractivity contribution in [3.8, 4) is 10.4 Å². The second kappa shape index (κ2) is 4.66. The summed E-state index contributed by atoms with van der Waals surface area (Å²) >= 11 is 1.19. The minimum Gasteiger partial charge on any atom is -0.476 e. The molecule has 0 saturated carbocycles. The molecule has 0 saturated heterocycles. The molecule has 0 amide bonds. The molecule has 3 N–H and O–H groups in total. The molecule has 2 rings (SSSR count). The fraction of sp³-hybridized carbons (Fsp3) is 0.286. The van der Waals surface area contributed by atoms with E-state index >= 15 is 0 Å². The van der Waals surface area contributed by atoms with Crippen LogP contribution < -0.4 is 5.73 Å². The van der Waals surface area contributed by atoms with Gasteiger partial charge in [-0.25, -0.2) is 9.78 Å². The van der Waals surface area contributed by atoms with Crippen molar-refractivity contribution >= 4 is 22.4 Å². The van der Waals surface area contributed by atoms with Crippen LogP contribution in [0.2, 0.25) is 0 Å². The topological polar surface area (TPSA) is 76.2 Å². The number of carboxylic acids is 1. The second-order valence-corrected chi connectivity index (χ2v) is 6.39. The van der Waals surface area contributed by atoms with Crippen molar-refractivity contribution in [2.24, 2.45) is 0 Å². The molecule has 1 aromatic carbocycles. The van der Waals surface area contributed by atoms with Crippen LogP contribution in [0.15, 0.2) is 24.3 Å². The number of thiazole rings is 1. The summed E-state index contributed by atoms with van der Waals surface area (Å²) in [5.41, 5.74) is 7.72. The van der Waals surface area contributed by atoms with Gasteiger partial charge in [-0.15, -0.1) is 0 Å². The number of carbonyl (C=O) groups is 1. The van der Waals surface area contributed by atoms with E-state index in [1.807, 2.05) is 24.3 Å². The zero-order valence-corrected chi connectivity index (χ0v) is 11.9. The number of anilines is 1. The van der Waals surface area contributed by atoms with Gasteiger partial charge in [-0.3, -0.25) is 0 Å². The van der Waals surface area contributed by atoms with Gasteiger partial charge in [-0.2, -0.15) is 0 Å². The van der Waals surface area contributed by atoms with Crippen LogP contribution in [0.4, 0.5) is 5.13 Å². The van der Waals surface area contributed by atoms with Crippen molar-refractivity contribution in [1.29, 1.82) is 0 Å². The van der Waals surface area contributed by atoms with Gasteiger partial charge >= 0.3 is 5.97 Å². The zero-order chi connectivity index (χ0) is 14.2. The number of hydrogen-bond donors (Lipinski definition) is 2. The van der Waals surface area contributed by atoms with Gasteiger partial charge in [0.2, 0.25) is 0 Å². The fourth-order valence-electron chi connectivity index (χ4n) is 1.80. The first kappa shape index (κ1) is 13.5. The van der Waals surface area contributed by atoms with Gasteiger partial charge in [0, 0.05) is 0 Å². The highest BCUT2D eigenvalue weighted by Crippen LogP contribution is 2.33. The minimum absolute atomic E-state index is 0.0195. The van der Waals surface area contributed by atoms with E-state index in [1.165, 1.54) is 16.9 Å². The van der Waals surface area contributed by atoms with Gasteiger partial charge < -0.3 is 10.8 Å². The third kappa shape index (κ3) is 2.76. The van der Waals surface area contributed by atoms with Crippen LogP contribution >= 0.6 is 11.3 Å². The average Bonchev–Trinajstić information content (AvgIpc) is 2.70. The molecule has 0 spiro atoms. The molecule has 19 heavy (non-hydrogen) atoms. The molecule has 2 aromatic rings. The number of nitrogen functional groups attached to an aromatic ring is 1. The molecule has 0 aliphatic rings. The van der Waals surface area contributed by atoms with Crippen LogP contribution in [-0.4, -0.2) is 16.1 Å². The first-order chi connectivity index (χ1) is 8.79. The molecule has 4 nitrogen and oxygen atoms in total. The average molecular weight is 276 g/mol. The Balaban J connectivity index is 2.46. The van der Waals surface area contributed by atoms with E-state index in [9.17, 15) is 4.79 Å². The SMILES string of the molecule is CC(C)(C)c1ccc(-c2sc(N)nc2C(=O)O)cc1. The Hall–Kier alpha value is -1.88. The predicted octanol–water partition coefficient (Wildman–Crippen LogP) is 3.39. The van der Waals surface area contributed by atoms with E-state index in [4.69, 9.17) is 10.8 Å². The maximum Gasteiger partial charge on any atom is 0.356 e. The van der Waals surface area contributed by atoms with Crippen LogP contribution in [-0.2, 0) is 5.41 Å². The van der Waals surface area contributed by atoms with Gasteiger partial charge in [-0.05, 0) is 16.5 Å². The molecule has 100 valence electrons. The van der Waals surface area contributed by atoms with Crippen LogP contribution in [0.25, 0.3) is 10.4 Å². The summed E-state index contributed by atoms with van der Waals surface area (Å²) in [5.74, 6) is -1.05. The second-order valence-electron chi connectivity index (χ2n) is 5.36. The van der Waals surface area contributed by atoms with Crippen molar-refractivity contribution in [3.05, 3.63) is 35.5 Å². The molecule has 0 aliphatic heterocycles. The quantitative estimate of drug-likeness (QED) is 0.881. The Bertz CT molecular complexity index is 609. The number of aromatic nitrogens is 1. The molecule has 0 bridgehead atoms. The number of rotatable bonds is 2. The molecule has 1 aromatic heterocycles. The van der Waals surface area contributed by atoms with E-state index in [2.05, 4.69) is 25.8 Å². The van der Waals surface area contributed by atoms with Crippen LogP contribution in [0.3, 0.4) is 0 Å². The molecule has 5 heteroatoms. The maximum absolute atomic E-state index is 11.1. The Morgan fingerprint density at radius 3 is 2.32 bits per heavy atom. The third-order valence-corrected chi connectivity index (χ3v) is 3.79. The zero-order valence-electron chi connectivity index (χ0n) is 11.1. The van der Waals surface area contributed by atoms with Gasteiger partial charge in [0.15, 0.2) is 10.8 Å². The molecule has 0 radical (unpaired) electrons. The van der Waals surface area contributed by atoms with Gasteiger partial charge in [0.25, 0.3) is 0 Å². The smallest absolute Gasteiger partial charge is 0.356 e. The highest BCUT2D eigenvalue weighted by Gasteiger charge is 2.19. The lowest BCUT2D eigenvalue weighted by molar-refractivity contribution is 0.0692. The molecular weight excluding hydrogens is 260 g/mol. The largest absolute Gasteiger partial charge is 0.476 e. The maximum atomic E-state index is 11.1. The normalized spacial score (nSPS) is 11.5. The highest BCUT2D eigenvalue weighted by molar-refractivity contribution is 7.19. The Kier molecular flexibility index (Phi) is 3.32. The lowest BCUT2D eigenvalue weighted by Crippen LogP contribution is -2.10. The highest BCUT2D eigenvalue weighted by atomic mass is 32.1. The van der Waals surface area contributed by atoms with Crippen LogP contribution in [0.5, 0.6) is 0 Å². The first-order valence-electron chi connectivity index (χ1n) is 5.89. The van der Waals surface area contributed by atoms with Gasteiger partial charge in [-0.1, -0.05) is 56.4 Å². The summed E-state index contributed by atoms with van der Waals surface area (Å²) in [6, 6.07) is 7.85. The Morgan fingerprint density at radius 1 is 1.26 bits per heavy atom. The monoisotopic (exact) mass is 276 g/mol.